The van der Waals surface area contributed by atoms with E-state index in [0.717, 1.165) is 5.56 Å². The molecule has 1 fully saturated rings. The van der Waals surface area contributed by atoms with Crippen molar-refractivity contribution >= 4 is 38.9 Å². The molecule has 1 aliphatic rings. The van der Waals surface area contributed by atoms with Crippen LogP contribution in [0.25, 0.3) is 0 Å². The molecule has 1 saturated heterocycles. The number of nitrogens with zero attached hydrogens (tertiary/aromatic N) is 2. The van der Waals surface area contributed by atoms with Gasteiger partial charge in [0.05, 0.1) is 0 Å². The first-order valence-corrected chi connectivity index (χ1v) is 10.4. The molecule has 25 heavy (non-hydrogen) atoms. The average molecular weight is 400 g/mol. The van der Waals surface area contributed by atoms with E-state index in [2.05, 4.69) is 0 Å². The Morgan fingerprint density at radius 3 is 2.28 bits per heavy atom. The van der Waals surface area contributed by atoms with Crippen molar-refractivity contribution in [2.24, 2.45) is 5.73 Å². The van der Waals surface area contributed by atoms with Gasteiger partial charge in [-0.05, 0) is 29.1 Å². The average Bonchev–Trinajstić information content (AvgIpc) is 3.12. The van der Waals surface area contributed by atoms with Crippen LogP contribution in [0.1, 0.15) is 11.6 Å². The number of piperazine rings is 1. The summed E-state index contributed by atoms with van der Waals surface area (Å²) in [6, 6.07) is 9.70. The number of thiophene rings is 1. The van der Waals surface area contributed by atoms with Crippen molar-refractivity contribution < 1.29 is 13.2 Å². The van der Waals surface area contributed by atoms with E-state index in [1.165, 1.54) is 15.6 Å². The van der Waals surface area contributed by atoms with Crippen LogP contribution in [0.4, 0.5) is 0 Å². The van der Waals surface area contributed by atoms with Crippen LogP contribution in [-0.4, -0.2) is 49.7 Å². The largest absolute Gasteiger partial charge is 0.368 e. The first-order chi connectivity index (χ1) is 11.9. The van der Waals surface area contributed by atoms with E-state index >= 15 is 0 Å². The zero-order valence-electron chi connectivity index (χ0n) is 13.3. The van der Waals surface area contributed by atoms with Gasteiger partial charge >= 0.3 is 0 Å². The monoisotopic (exact) mass is 399 g/mol. The van der Waals surface area contributed by atoms with Crippen LogP contribution in [0.3, 0.4) is 0 Å². The molecule has 0 saturated carbocycles. The lowest BCUT2D eigenvalue weighted by atomic mass is 10.0. The van der Waals surface area contributed by atoms with Gasteiger partial charge in [-0.2, -0.15) is 4.31 Å². The molecule has 1 amide bonds. The fourth-order valence-corrected chi connectivity index (χ4v) is 5.63. The van der Waals surface area contributed by atoms with Crippen molar-refractivity contribution in [3.05, 3.63) is 52.4 Å². The molecule has 0 aliphatic carbocycles. The molecule has 0 bridgehead atoms. The van der Waals surface area contributed by atoms with Gasteiger partial charge < -0.3 is 5.73 Å². The Morgan fingerprint density at radius 2 is 1.76 bits per heavy atom. The minimum Gasteiger partial charge on any atom is -0.368 e. The summed E-state index contributed by atoms with van der Waals surface area (Å²) >= 11 is 7.10. The van der Waals surface area contributed by atoms with Gasteiger partial charge in [-0.1, -0.05) is 29.8 Å². The first-order valence-electron chi connectivity index (χ1n) is 7.72. The Balaban J connectivity index is 1.74. The highest BCUT2D eigenvalue weighted by molar-refractivity contribution is 7.91. The quantitative estimate of drug-likeness (QED) is 0.832. The lowest BCUT2D eigenvalue weighted by Gasteiger charge is -2.37. The third kappa shape index (κ3) is 3.88. The van der Waals surface area contributed by atoms with E-state index in [4.69, 9.17) is 17.3 Å². The summed E-state index contributed by atoms with van der Waals surface area (Å²) in [7, 11) is -3.47. The van der Waals surface area contributed by atoms with Gasteiger partial charge in [-0.3, -0.25) is 9.69 Å². The number of nitrogens with two attached hydrogens (primary N) is 1. The van der Waals surface area contributed by atoms with Crippen molar-refractivity contribution in [2.75, 3.05) is 26.2 Å². The molecule has 1 atom stereocenters. The van der Waals surface area contributed by atoms with Crippen LogP contribution in [0.2, 0.25) is 5.02 Å². The van der Waals surface area contributed by atoms with Crippen molar-refractivity contribution in [3.63, 3.8) is 0 Å². The number of hydrogen-bond donors (Lipinski definition) is 1. The molecule has 9 heteroatoms. The Hall–Kier alpha value is -1.45. The Kier molecular flexibility index (Phi) is 5.45. The molecule has 0 spiro atoms. The molecule has 1 aromatic carbocycles. The number of halogens is 1. The van der Waals surface area contributed by atoms with Gasteiger partial charge in [0.2, 0.25) is 5.91 Å². The maximum absolute atomic E-state index is 12.6. The minimum absolute atomic E-state index is 0.317. The summed E-state index contributed by atoms with van der Waals surface area (Å²) in [5.74, 6) is -0.461. The van der Waals surface area contributed by atoms with Gasteiger partial charge in [0.1, 0.15) is 10.3 Å². The number of carbonyl (C=O) groups is 1. The summed E-state index contributed by atoms with van der Waals surface area (Å²) in [5, 5.41) is 2.33. The Labute approximate surface area is 155 Å². The number of sulfonamides is 1. The van der Waals surface area contributed by atoms with Crippen LogP contribution in [-0.2, 0) is 14.8 Å². The zero-order chi connectivity index (χ0) is 18.0. The van der Waals surface area contributed by atoms with E-state index in [1.54, 1.807) is 41.8 Å². The van der Waals surface area contributed by atoms with Crippen LogP contribution < -0.4 is 5.73 Å². The van der Waals surface area contributed by atoms with E-state index < -0.39 is 22.0 Å². The predicted molar refractivity (Wildman–Crippen MR) is 98.0 cm³/mol. The summed E-state index contributed by atoms with van der Waals surface area (Å²) in [4.78, 5) is 13.9. The molecular formula is C16H18ClN3O3S2. The van der Waals surface area contributed by atoms with Gasteiger partial charge in [-0.25, -0.2) is 8.42 Å². The molecular weight excluding hydrogens is 382 g/mol. The maximum atomic E-state index is 12.6. The van der Waals surface area contributed by atoms with Crippen molar-refractivity contribution in [1.82, 2.24) is 9.21 Å². The highest BCUT2D eigenvalue weighted by Crippen LogP contribution is 2.26. The summed E-state index contributed by atoms with van der Waals surface area (Å²) in [6.45, 7) is 1.50. The van der Waals surface area contributed by atoms with E-state index in [1.807, 2.05) is 4.90 Å². The third-order valence-corrected chi connectivity index (χ3v) is 7.71. The highest BCUT2D eigenvalue weighted by Gasteiger charge is 2.33. The fourth-order valence-electron chi connectivity index (χ4n) is 2.94. The summed E-state index contributed by atoms with van der Waals surface area (Å²) < 4.78 is 26.9. The van der Waals surface area contributed by atoms with Gasteiger partial charge in [0, 0.05) is 31.2 Å². The molecule has 3 rings (SSSR count). The molecule has 1 aromatic heterocycles. The molecule has 134 valence electrons. The van der Waals surface area contributed by atoms with Crippen LogP contribution in [0.15, 0.2) is 46.0 Å². The number of primary amides is 1. The van der Waals surface area contributed by atoms with Crippen molar-refractivity contribution in [3.8, 4) is 0 Å². The van der Waals surface area contributed by atoms with Crippen LogP contribution in [0.5, 0.6) is 0 Å². The van der Waals surface area contributed by atoms with E-state index in [-0.39, 0.29) is 0 Å². The third-order valence-electron chi connectivity index (χ3n) is 4.18. The van der Waals surface area contributed by atoms with Crippen LogP contribution >= 0.6 is 22.9 Å². The van der Waals surface area contributed by atoms with Gasteiger partial charge in [0.15, 0.2) is 0 Å². The molecule has 2 heterocycles. The second kappa shape index (κ2) is 7.43. The molecule has 2 aromatic rings. The summed E-state index contributed by atoms with van der Waals surface area (Å²) in [6.07, 6.45) is 0. The van der Waals surface area contributed by atoms with Crippen molar-refractivity contribution in [1.29, 1.82) is 0 Å². The van der Waals surface area contributed by atoms with E-state index in [9.17, 15) is 13.2 Å². The molecule has 6 nitrogen and oxygen atoms in total. The van der Waals surface area contributed by atoms with E-state index in [0.29, 0.717) is 35.4 Å². The van der Waals surface area contributed by atoms with Crippen LogP contribution in [0, 0.1) is 0 Å². The molecule has 2 N–H and O–H groups in total. The molecule has 0 unspecified atom stereocenters. The Morgan fingerprint density at radius 1 is 1.12 bits per heavy atom. The lowest BCUT2D eigenvalue weighted by Crippen LogP contribution is -2.51. The SMILES string of the molecule is NC(=O)[C@@H](c1ccc(Cl)cc1)N1CCN(S(=O)(=O)c2cccs2)CC1. The second-order valence-corrected chi connectivity index (χ2v) is 9.28. The van der Waals surface area contributed by atoms with Gasteiger partial charge in [-0.15, -0.1) is 11.3 Å². The minimum atomic E-state index is -3.47. The number of benzene rings is 1. The Bertz CT molecular complexity index is 830. The number of amides is 1. The zero-order valence-corrected chi connectivity index (χ0v) is 15.7. The lowest BCUT2D eigenvalue weighted by molar-refractivity contribution is -0.124. The topological polar surface area (TPSA) is 83.7 Å². The molecule has 0 radical (unpaired) electrons. The number of hydrogen-bond acceptors (Lipinski definition) is 5. The summed E-state index contributed by atoms with van der Waals surface area (Å²) in [5.41, 5.74) is 6.35. The second-order valence-electron chi connectivity index (χ2n) is 5.73. The molecule has 1 aliphatic heterocycles. The van der Waals surface area contributed by atoms with Gasteiger partial charge in [0.25, 0.3) is 10.0 Å². The maximum Gasteiger partial charge on any atom is 0.252 e. The smallest absolute Gasteiger partial charge is 0.252 e. The van der Waals surface area contributed by atoms with Crippen molar-refractivity contribution in [2.45, 2.75) is 10.3 Å². The number of rotatable bonds is 5. The standard InChI is InChI=1S/C16H18ClN3O3S2/c17-13-5-3-12(4-6-13)15(16(18)21)19-7-9-20(10-8-19)25(22,23)14-2-1-11-24-14/h1-6,11,15H,7-10H2,(H2,18,21)/t15-/m1/s1. The fraction of sp³-hybridized carbons (Fsp3) is 0.312. The first kappa shape index (κ1) is 18.3. The predicted octanol–water partition coefficient (Wildman–Crippen LogP) is 1.93. The normalized spacial score (nSPS) is 18.1. The highest BCUT2D eigenvalue weighted by atomic mass is 35.5. The number of carbonyl (C=O) groups excluding carboxylic acids is 1.